The van der Waals surface area contributed by atoms with E-state index in [9.17, 15) is 14.4 Å². The summed E-state index contributed by atoms with van der Waals surface area (Å²) in [5, 5.41) is 2.52. The summed E-state index contributed by atoms with van der Waals surface area (Å²) in [6, 6.07) is 6.00. The Bertz CT molecular complexity index is 597. The maximum absolute atomic E-state index is 12.1. The van der Waals surface area contributed by atoms with E-state index in [1.807, 2.05) is 13.8 Å². The molecule has 124 valence electrons. The minimum absolute atomic E-state index is 0.0389. The maximum atomic E-state index is 12.1. The molecular formula is C16H20N2O5. The molecule has 1 saturated heterocycles. The SMILES string of the molecule is CC(C)Oc1ccc(C(=O)OC(C)C(=O)N2CCNC2=O)cc1. The van der Waals surface area contributed by atoms with E-state index < -0.39 is 24.0 Å². The molecule has 1 aliphatic heterocycles. The molecule has 1 aromatic rings. The molecular weight excluding hydrogens is 300 g/mol. The van der Waals surface area contributed by atoms with E-state index in [2.05, 4.69) is 5.32 Å². The summed E-state index contributed by atoms with van der Waals surface area (Å²) in [6.07, 6.45) is -0.991. The highest BCUT2D eigenvalue weighted by molar-refractivity contribution is 5.99. The van der Waals surface area contributed by atoms with E-state index in [1.54, 1.807) is 24.3 Å². The van der Waals surface area contributed by atoms with Crippen LogP contribution in [0.5, 0.6) is 5.75 Å². The van der Waals surface area contributed by atoms with Crippen molar-refractivity contribution in [2.24, 2.45) is 0 Å². The van der Waals surface area contributed by atoms with Crippen LogP contribution in [0, 0.1) is 0 Å². The highest BCUT2D eigenvalue weighted by Crippen LogP contribution is 2.15. The second-order valence-electron chi connectivity index (χ2n) is 5.46. The Hall–Kier alpha value is -2.57. The number of carbonyl (C=O) groups excluding carboxylic acids is 3. The van der Waals surface area contributed by atoms with Crippen LogP contribution in [0.15, 0.2) is 24.3 Å². The third-order valence-corrected chi connectivity index (χ3v) is 3.22. The van der Waals surface area contributed by atoms with Crippen molar-refractivity contribution in [2.75, 3.05) is 13.1 Å². The van der Waals surface area contributed by atoms with Gasteiger partial charge in [-0.3, -0.25) is 9.69 Å². The molecule has 0 bridgehead atoms. The van der Waals surface area contributed by atoms with Crippen LogP contribution in [0.1, 0.15) is 31.1 Å². The predicted molar refractivity (Wildman–Crippen MR) is 82.2 cm³/mol. The van der Waals surface area contributed by atoms with E-state index in [1.165, 1.54) is 6.92 Å². The molecule has 1 atom stereocenters. The van der Waals surface area contributed by atoms with Crippen LogP contribution in [-0.4, -0.2) is 48.1 Å². The van der Waals surface area contributed by atoms with Gasteiger partial charge in [0.1, 0.15) is 5.75 Å². The molecule has 1 unspecified atom stereocenters. The van der Waals surface area contributed by atoms with Crippen molar-refractivity contribution in [3.05, 3.63) is 29.8 Å². The molecule has 1 N–H and O–H groups in total. The lowest BCUT2D eigenvalue weighted by Gasteiger charge is -2.18. The molecule has 0 radical (unpaired) electrons. The summed E-state index contributed by atoms with van der Waals surface area (Å²) in [7, 11) is 0. The third kappa shape index (κ3) is 4.21. The Morgan fingerprint density at radius 3 is 2.35 bits per heavy atom. The van der Waals surface area contributed by atoms with Crippen molar-refractivity contribution in [1.82, 2.24) is 10.2 Å². The third-order valence-electron chi connectivity index (χ3n) is 3.22. The molecule has 0 spiro atoms. The van der Waals surface area contributed by atoms with E-state index in [0.29, 0.717) is 17.9 Å². The molecule has 1 heterocycles. The molecule has 23 heavy (non-hydrogen) atoms. The first-order valence-corrected chi connectivity index (χ1v) is 7.45. The second kappa shape index (κ2) is 7.13. The molecule has 1 fully saturated rings. The van der Waals surface area contributed by atoms with E-state index in [0.717, 1.165) is 4.90 Å². The standard InChI is InChI=1S/C16H20N2O5/c1-10(2)22-13-6-4-12(5-7-13)15(20)23-11(3)14(19)18-9-8-17-16(18)21/h4-7,10-11H,8-9H2,1-3H3,(H,17,21). The Kier molecular flexibility index (Phi) is 5.20. The largest absolute Gasteiger partial charge is 0.491 e. The van der Waals surface area contributed by atoms with Crippen LogP contribution >= 0.6 is 0 Å². The number of benzene rings is 1. The van der Waals surface area contributed by atoms with Crippen LogP contribution in [0.25, 0.3) is 0 Å². The van der Waals surface area contributed by atoms with Gasteiger partial charge in [-0.15, -0.1) is 0 Å². The molecule has 0 aromatic heterocycles. The zero-order valence-electron chi connectivity index (χ0n) is 13.4. The van der Waals surface area contributed by atoms with E-state index in [-0.39, 0.29) is 12.6 Å². The van der Waals surface area contributed by atoms with Gasteiger partial charge >= 0.3 is 12.0 Å². The van der Waals surface area contributed by atoms with Crippen molar-refractivity contribution in [2.45, 2.75) is 33.0 Å². The fourth-order valence-corrected chi connectivity index (χ4v) is 2.12. The number of hydrogen-bond acceptors (Lipinski definition) is 5. The summed E-state index contributed by atoms with van der Waals surface area (Å²) in [5.41, 5.74) is 0.312. The summed E-state index contributed by atoms with van der Waals surface area (Å²) < 4.78 is 10.6. The second-order valence-corrected chi connectivity index (χ2v) is 5.46. The Morgan fingerprint density at radius 1 is 1.17 bits per heavy atom. The van der Waals surface area contributed by atoms with Crippen molar-refractivity contribution in [3.8, 4) is 5.75 Å². The van der Waals surface area contributed by atoms with Gasteiger partial charge in [0.2, 0.25) is 0 Å². The Labute approximate surface area is 134 Å². The number of imide groups is 1. The summed E-state index contributed by atoms with van der Waals surface area (Å²) in [4.78, 5) is 36.6. The number of rotatable bonds is 5. The summed E-state index contributed by atoms with van der Waals surface area (Å²) in [5.74, 6) is -0.510. The zero-order valence-corrected chi connectivity index (χ0v) is 13.4. The number of nitrogens with zero attached hydrogens (tertiary/aromatic N) is 1. The van der Waals surface area contributed by atoms with Gasteiger partial charge in [-0.1, -0.05) is 0 Å². The lowest BCUT2D eigenvalue weighted by molar-refractivity contribution is -0.136. The van der Waals surface area contributed by atoms with Gasteiger partial charge in [0.05, 0.1) is 11.7 Å². The average Bonchev–Trinajstić information content (AvgIpc) is 2.92. The maximum Gasteiger partial charge on any atom is 0.338 e. The molecule has 2 rings (SSSR count). The molecule has 3 amide bonds. The minimum Gasteiger partial charge on any atom is -0.491 e. The van der Waals surface area contributed by atoms with Crippen LogP contribution in [0.2, 0.25) is 0 Å². The number of amides is 3. The van der Waals surface area contributed by atoms with Crippen LogP contribution in [0.3, 0.4) is 0 Å². The monoisotopic (exact) mass is 320 g/mol. The molecule has 7 nitrogen and oxygen atoms in total. The van der Waals surface area contributed by atoms with Gasteiger partial charge in [-0.2, -0.15) is 0 Å². The Morgan fingerprint density at radius 2 is 1.83 bits per heavy atom. The van der Waals surface area contributed by atoms with Crippen LogP contribution in [0.4, 0.5) is 4.79 Å². The highest BCUT2D eigenvalue weighted by atomic mass is 16.5. The van der Waals surface area contributed by atoms with Gasteiger partial charge in [-0.25, -0.2) is 9.59 Å². The molecule has 1 aromatic carbocycles. The highest BCUT2D eigenvalue weighted by Gasteiger charge is 2.31. The number of nitrogens with one attached hydrogen (secondary N) is 1. The first-order valence-electron chi connectivity index (χ1n) is 7.45. The number of carbonyl (C=O) groups is 3. The first kappa shape index (κ1) is 16.8. The average molecular weight is 320 g/mol. The molecule has 1 aliphatic rings. The topological polar surface area (TPSA) is 84.9 Å². The van der Waals surface area contributed by atoms with Crippen LogP contribution < -0.4 is 10.1 Å². The van der Waals surface area contributed by atoms with Crippen LogP contribution in [-0.2, 0) is 9.53 Å². The van der Waals surface area contributed by atoms with Gasteiger partial charge in [-0.05, 0) is 45.0 Å². The van der Waals surface area contributed by atoms with Crippen molar-refractivity contribution in [1.29, 1.82) is 0 Å². The fourth-order valence-electron chi connectivity index (χ4n) is 2.12. The quantitative estimate of drug-likeness (QED) is 0.833. The predicted octanol–water partition coefficient (Wildman–Crippen LogP) is 1.57. The van der Waals surface area contributed by atoms with E-state index >= 15 is 0 Å². The summed E-state index contributed by atoms with van der Waals surface area (Å²) >= 11 is 0. The van der Waals surface area contributed by atoms with E-state index in [4.69, 9.17) is 9.47 Å². The number of ether oxygens (including phenoxy) is 2. The number of esters is 1. The molecule has 7 heteroatoms. The van der Waals surface area contributed by atoms with Gasteiger partial charge in [0.15, 0.2) is 6.10 Å². The normalized spacial score (nSPS) is 15.3. The van der Waals surface area contributed by atoms with Gasteiger partial charge < -0.3 is 14.8 Å². The van der Waals surface area contributed by atoms with Crippen molar-refractivity contribution >= 4 is 17.9 Å². The van der Waals surface area contributed by atoms with Gasteiger partial charge in [0.25, 0.3) is 5.91 Å². The molecule has 0 saturated carbocycles. The first-order chi connectivity index (χ1) is 10.9. The lowest BCUT2D eigenvalue weighted by Crippen LogP contribution is -2.41. The molecule has 0 aliphatic carbocycles. The Balaban J connectivity index is 1.95. The number of urea groups is 1. The number of hydrogen-bond donors (Lipinski definition) is 1. The van der Waals surface area contributed by atoms with Gasteiger partial charge in [0, 0.05) is 13.1 Å². The van der Waals surface area contributed by atoms with Crippen molar-refractivity contribution < 1.29 is 23.9 Å². The van der Waals surface area contributed by atoms with Crippen molar-refractivity contribution in [3.63, 3.8) is 0 Å². The lowest BCUT2D eigenvalue weighted by atomic mass is 10.2. The smallest absolute Gasteiger partial charge is 0.338 e. The minimum atomic E-state index is -1.03. The fraction of sp³-hybridized carbons (Fsp3) is 0.438. The summed E-state index contributed by atoms with van der Waals surface area (Å²) in [6.45, 7) is 5.94. The zero-order chi connectivity index (χ0) is 17.0.